The molecule has 0 radical (unpaired) electrons. The van der Waals surface area contributed by atoms with E-state index in [1.807, 2.05) is 30.3 Å². The van der Waals surface area contributed by atoms with Crippen LogP contribution in [0.25, 0.3) is 6.08 Å². The Morgan fingerprint density at radius 3 is 2.52 bits per heavy atom. The summed E-state index contributed by atoms with van der Waals surface area (Å²) >= 11 is 0. The molecule has 0 saturated carbocycles. The van der Waals surface area contributed by atoms with Gasteiger partial charge in [-0.1, -0.05) is 30.3 Å². The van der Waals surface area contributed by atoms with Crippen molar-refractivity contribution in [3.63, 3.8) is 0 Å². The first-order chi connectivity index (χ1) is 15.8. The Hall–Kier alpha value is -4.13. The number of rotatable bonds is 6. The van der Waals surface area contributed by atoms with Crippen molar-refractivity contribution in [2.24, 2.45) is 0 Å². The fraction of sp³-hybridized carbons (Fsp3) is 0.192. The minimum absolute atomic E-state index is 0.0957. The number of nitro benzene ring substituents is 1. The molecular formula is C26H23NO6. The minimum atomic E-state index is -0.952. The summed E-state index contributed by atoms with van der Waals surface area (Å²) in [6.07, 6.45) is 1.59. The van der Waals surface area contributed by atoms with E-state index in [1.54, 1.807) is 38.1 Å². The van der Waals surface area contributed by atoms with Crippen LogP contribution in [0.1, 0.15) is 35.3 Å². The molecule has 0 unspecified atom stereocenters. The quantitative estimate of drug-likeness (QED) is 0.278. The van der Waals surface area contributed by atoms with Crippen LogP contribution in [0.3, 0.4) is 0 Å². The highest BCUT2D eigenvalue weighted by molar-refractivity contribution is 6.15. The summed E-state index contributed by atoms with van der Waals surface area (Å²) in [4.78, 5) is 24.3. The molecule has 0 atom stereocenters. The summed E-state index contributed by atoms with van der Waals surface area (Å²) in [5.41, 5.74) is 1.11. The average molecular weight is 445 g/mol. The highest BCUT2D eigenvalue weighted by atomic mass is 16.6. The van der Waals surface area contributed by atoms with E-state index in [-0.39, 0.29) is 11.5 Å². The van der Waals surface area contributed by atoms with Crippen LogP contribution in [0.2, 0.25) is 0 Å². The molecule has 168 valence electrons. The van der Waals surface area contributed by atoms with Crippen molar-refractivity contribution in [3.8, 4) is 17.2 Å². The number of ketones is 1. The van der Waals surface area contributed by atoms with E-state index >= 15 is 0 Å². The Labute approximate surface area is 191 Å². The zero-order valence-corrected chi connectivity index (χ0v) is 18.5. The van der Waals surface area contributed by atoms with Crippen LogP contribution >= 0.6 is 0 Å². The number of non-ortho nitro benzene ring substituents is 1. The van der Waals surface area contributed by atoms with Gasteiger partial charge in [-0.2, -0.15) is 0 Å². The number of hydrogen-bond donors (Lipinski definition) is 0. The SMILES string of the molecule is COc1ccc([N+](=O)[O-])cc1/C=C1/C(=O)c2cc(OCc3ccccc3)ccc2OC1(C)C. The van der Waals surface area contributed by atoms with Gasteiger partial charge in [0, 0.05) is 23.3 Å². The first kappa shape index (κ1) is 22.1. The Morgan fingerprint density at radius 2 is 1.82 bits per heavy atom. The first-order valence-electron chi connectivity index (χ1n) is 10.4. The van der Waals surface area contributed by atoms with E-state index in [2.05, 4.69) is 0 Å². The van der Waals surface area contributed by atoms with E-state index in [9.17, 15) is 14.9 Å². The molecule has 0 N–H and O–H groups in total. The van der Waals surface area contributed by atoms with Gasteiger partial charge in [-0.3, -0.25) is 14.9 Å². The molecule has 0 aliphatic carbocycles. The smallest absolute Gasteiger partial charge is 0.270 e. The Bertz CT molecular complexity index is 1250. The van der Waals surface area contributed by atoms with Gasteiger partial charge in [0.25, 0.3) is 5.69 Å². The van der Waals surface area contributed by atoms with Gasteiger partial charge in [-0.05, 0) is 49.8 Å². The van der Waals surface area contributed by atoms with E-state index in [1.165, 1.54) is 25.3 Å². The van der Waals surface area contributed by atoms with Crippen molar-refractivity contribution in [2.45, 2.75) is 26.1 Å². The van der Waals surface area contributed by atoms with Crippen molar-refractivity contribution >= 4 is 17.5 Å². The largest absolute Gasteiger partial charge is 0.496 e. The first-order valence-corrected chi connectivity index (χ1v) is 10.4. The highest BCUT2D eigenvalue weighted by Gasteiger charge is 2.38. The molecule has 0 amide bonds. The van der Waals surface area contributed by atoms with Gasteiger partial charge >= 0.3 is 0 Å². The number of nitro groups is 1. The van der Waals surface area contributed by atoms with Crippen LogP contribution in [-0.4, -0.2) is 23.4 Å². The zero-order chi connectivity index (χ0) is 23.6. The summed E-state index contributed by atoms with van der Waals surface area (Å²) in [6, 6.07) is 19.1. The van der Waals surface area contributed by atoms with Crippen molar-refractivity contribution in [1.82, 2.24) is 0 Å². The molecule has 4 rings (SSSR count). The molecule has 0 bridgehead atoms. The highest BCUT2D eigenvalue weighted by Crippen LogP contribution is 2.40. The lowest BCUT2D eigenvalue weighted by atomic mass is 9.85. The molecule has 3 aromatic carbocycles. The number of hydrogen-bond acceptors (Lipinski definition) is 6. The van der Waals surface area contributed by atoms with Gasteiger partial charge in [0.15, 0.2) is 5.78 Å². The third-order valence-electron chi connectivity index (χ3n) is 5.43. The Kier molecular flexibility index (Phi) is 5.87. The van der Waals surface area contributed by atoms with Crippen LogP contribution in [0, 0.1) is 10.1 Å². The summed E-state index contributed by atoms with van der Waals surface area (Å²) in [5.74, 6) is 1.18. The average Bonchev–Trinajstić information content (AvgIpc) is 2.81. The third kappa shape index (κ3) is 4.57. The predicted molar refractivity (Wildman–Crippen MR) is 124 cm³/mol. The van der Waals surface area contributed by atoms with Gasteiger partial charge < -0.3 is 14.2 Å². The van der Waals surface area contributed by atoms with Crippen LogP contribution < -0.4 is 14.2 Å². The second-order valence-corrected chi connectivity index (χ2v) is 8.12. The van der Waals surface area contributed by atoms with Crippen LogP contribution in [0.5, 0.6) is 17.2 Å². The maximum atomic E-state index is 13.5. The lowest BCUT2D eigenvalue weighted by Crippen LogP contribution is -2.39. The molecule has 1 aliphatic rings. The standard InChI is InChI=1S/C26H23NO6/c1-26(2)22(14-18-13-19(27(29)30)9-11-23(18)31-3)25(28)21-15-20(10-12-24(21)33-26)32-16-17-7-5-4-6-8-17/h4-15H,16H2,1-3H3/b22-14-. The summed E-state index contributed by atoms with van der Waals surface area (Å²) < 4.78 is 17.3. The molecule has 3 aromatic rings. The molecule has 7 nitrogen and oxygen atoms in total. The minimum Gasteiger partial charge on any atom is -0.496 e. The second kappa shape index (κ2) is 8.78. The number of nitrogens with zero attached hydrogens (tertiary/aromatic N) is 1. The van der Waals surface area contributed by atoms with Gasteiger partial charge in [0.2, 0.25) is 0 Å². The Balaban J connectivity index is 1.70. The van der Waals surface area contributed by atoms with Gasteiger partial charge in [0.1, 0.15) is 29.5 Å². The van der Waals surface area contributed by atoms with E-state index in [0.717, 1.165) is 5.56 Å². The van der Waals surface area contributed by atoms with E-state index in [4.69, 9.17) is 14.2 Å². The maximum Gasteiger partial charge on any atom is 0.270 e. The fourth-order valence-electron chi connectivity index (χ4n) is 3.70. The maximum absolute atomic E-state index is 13.5. The second-order valence-electron chi connectivity index (χ2n) is 8.12. The van der Waals surface area contributed by atoms with Crippen LogP contribution in [0.4, 0.5) is 5.69 Å². The number of ether oxygens (including phenoxy) is 3. The lowest BCUT2D eigenvalue weighted by Gasteiger charge is -2.34. The van der Waals surface area contributed by atoms with Gasteiger partial charge in [-0.25, -0.2) is 0 Å². The molecular weight excluding hydrogens is 422 g/mol. The summed E-state index contributed by atoms with van der Waals surface area (Å²) in [7, 11) is 1.47. The van der Waals surface area contributed by atoms with Crippen LogP contribution in [0.15, 0.2) is 72.3 Å². The predicted octanol–water partition coefficient (Wildman–Crippen LogP) is 5.62. The molecule has 0 fully saturated rings. The number of Topliss-reactive ketones (excluding diaryl/α,β-unsaturated/α-hetero) is 1. The number of carbonyl (C=O) groups excluding carboxylic acids is 1. The van der Waals surface area contributed by atoms with Crippen LogP contribution in [-0.2, 0) is 6.61 Å². The monoisotopic (exact) mass is 445 g/mol. The number of fused-ring (bicyclic) bond motifs is 1. The molecule has 33 heavy (non-hydrogen) atoms. The van der Waals surface area contributed by atoms with Gasteiger partial charge in [-0.15, -0.1) is 0 Å². The number of benzene rings is 3. The summed E-state index contributed by atoms with van der Waals surface area (Å²) in [5, 5.41) is 11.2. The molecule has 0 saturated heterocycles. The van der Waals surface area contributed by atoms with Crippen molar-refractivity contribution < 1.29 is 23.9 Å². The summed E-state index contributed by atoms with van der Waals surface area (Å²) in [6.45, 7) is 3.93. The molecule has 1 aliphatic heterocycles. The topological polar surface area (TPSA) is 87.9 Å². The molecule has 0 aromatic heterocycles. The van der Waals surface area contributed by atoms with Crippen molar-refractivity contribution in [1.29, 1.82) is 0 Å². The van der Waals surface area contributed by atoms with Crippen molar-refractivity contribution in [2.75, 3.05) is 7.11 Å². The van der Waals surface area contributed by atoms with Crippen molar-refractivity contribution in [3.05, 3.63) is 99.1 Å². The van der Waals surface area contributed by atoms with E-state index in [0.29, 0.717) is 40.6 Å². The fourth-order valence-corrected chi connectivity index (χ4v) is 3.70. The molecule has 0 spiro atoms. The zero-order valence-electron chi connectivity index (χ0n) is 18.5. The molecule has 1 heterocycles. The normalized spacial score (nSPS) is 15.5. The Morgan fingerprint density at radius 1 is 1.06 bits per heavy atom. The number of methoxy groups -OCH3 is 1. The molecule has 7 heteroatoms. The van der Waals surface area contributed by atoms with E-state index < -0.39 is 10.5 Å². The van der Waals surface area contributed by atoms with Gasteiger partial charge in [0.05, 0.1) is 17.6 Å². The third-order valence-corrected chi connectivity index (χ3v) is 5.43. The lowest BCUT2D eigenvalue weighted by molar-refractivity contribution is -0.384. The number of carbonyl (C=O) groups is 1.